The van der Waals surface area contributed by atoms with Crippen molar-refractivity contribution in [2.24, 2.45) is 0 Å². The summed E-state index contributed by atoms with van der Waals surface area (Å²) in [6, 6.07) is 18.2. The molecule has 0 N–H and O–H groups in total. The monoisotopic (exact) mass is 375 g/mol. The van der Waals surface area contributed by atoms with Crippen molar-refractivity contribution in [1.29, 1.82) is 0 Å². The van der Waals surface area contributed by atoms with E-state index in [4.69, 9.17) is 4.74 Å². The van der Waals surface area contributed by atoms with Gasteiger partial charge in [0.2, 0.25) is 0 Å². The third-order valence-corrected chi connectivity index (χ3v) is 4.46. The van der Waals surface area contributed by atoms with Crippen molar-refractivity contribution in [2.75, 3.05) is 6.73 Å². The van der Waals surface area contributed by atoms with Crippen LogP contribution in [0.4, 0.5) is 4.39 Å². The highest BCUT2D eigenvalue weighted by Crippen LogP contribution is 2.23. The molecule has 2 amide bonds. The van der Waals surface area contributed by atoms with E-state index in [-0.39, 0.29) is 12.5 Å². The van der Waals surface area contributed by atoms with Crippen LogP contribution in [0.25, 0.3) is 0 Å². The number of carbonyl (C=O) groups is 3. The van der Waals surface area contributed by atoms with E-state index in [2.05, 4.69) is 0 Å². The Morgan fingerprint density at radius 3 is 1.82 bits per heavy atom. The van der Waals surface area contributed by atoms with E-state index < -0.39 is 17.6 Å². The Morgan fingerprint density at radius 2 is 1.29 bits per heavy atom. The maximum atomic E-state index is 13.0. The van der Waals surface area contributed by atoms with E-state index >= 15 is 0 Å². The summed E-state index contributed by atoms with van der Waals surface area (Å²) < 4.78 is 18.5. The molecule has 0 aliphatic carbocycles. The lowest BCUT2D eigenvalue weighted by atomic mass is 10.0. The molecule has 0 spiro atoms. The maximum Gasteiger partial charge on any atom is 0.264 e. The molecule has 0 unspecified atom stereocenters. The first kappa shape index (κ1) is 17.6. The summed E-state index contributed by atoms with van der Waals surface area (Å²) >= 11 is 0. The lowest BCUT2D eigenvalue weighted by molar-refractivity contribution is 0.0522. The van der Waals surface area contributed by atoms with Crippen molar-refractivity contribution < 1.29 is 23.5 Å². The minimum atomic E-state index is -0.409. The van der Waals surface area contributed by atoms with E-state index in [1.165, 1.54) is 24.3 Å². The summed E-state index contributed by atoms with van der Waals surface area (Å²) in [7, 11) is 0. The summed E-state index contributed by atoms with van der Waals surface area (Å²) in [6.07, 6.45) is 0. The summed E-state index contributed by atoms with van der Waals surface area (Å²) in [5.41, 5.74) is 1.51. The minimum absolute atomic E-state index is 0.225. The zero-order valence-corrected chi connectivity index (χ0v) is 14.6. The molecule has 0 aromatic heterocycles. The van der Waals surface area contributed by atoms with Gasteiger partial charge < -0.3 is 4.74 Å². The Hall–Kier alpha value is -3.80. The van der Waals surface area contributed by atoms with E-state index in [1.54, 1.807) is 48.5 Å². The summed E-state index contributed by atoms with van der Waals surface area (Å²) in [5, 5.41) is 0. The molecule has 3 aromatic rings. The van der Waals surface area contributed by atoms with Gasteiger partial charge in [0.15, 0.2) is 12.5 Å². The van der Waals surface area contributed by atoms with Gasteiger partial charge in [-0.1, -0.05) is 12.1 Å². The number of amides is 2. The predicted octanol–water partition coefficient (Wildman–Crippen LogP) is 3.69. The molecule has 138 valence electrons. The molecular weight excluding hydrogens is 361 g/mol. The second-order valence-corrected chi connectivity index (χ2v) is 6.22. The molecule has 1 aliphatic rings. The average Bonchev–Trinajstić information content (AvgIpc) is 2.97. The number of hydrogen-bond donors (Lipinski definition) is 0. The Morgan fingerprint density at radius 1 is 0.786 bits per heavy atom. The van der Waals surface area contributed by atoms with Gasteiger partial charge in [-0.05, 0) is 60.7 Å². The number of ketones is 1. The summed E-state index contributed by atoms with van der Waals surface area (Å²) in [5.74, 6) is -1.04. The minimum Gasteiger partial charge on any atom is -0.473 e. The smallest absolute Gasteiger partial charge is 0.264 e. The van der Waals surface area contributed by atoms with Crippen molar-refractivity contribution in [1.82, 2.24) is 4.90 Å². The molecular formula is C22H14FNO4. The highest BCUT2D eigenvalue weighted by molar-refractivity contribution is 6.21. The fraction of sp³-hybridized carbons (Fsp3) is 0.0455. The second kappa shape index (κ2) is 7.08. The van der Waals surface area contributed by atoms with Gasteiger partial charge in [-0.15, -0.1) is 0 Å². The highest BCUT2D eigenvalue weighted by Gasteiger charge is 2.35. The first-order valence-corrected chi connectivity index (χ1v) is 8.53. The lowest BCUT2D eigenvalue weighted by Crippen LogP contribution is -2.33. The number of halogens is 1. The number of fused-ring (bicyclic) bond motifs is 1. The van der Waals surface area contributed by atoms with Crippen LogP contribution in [0, 0.1) is 5.82 Å². The van der Waals surface area contributed by atoms with Crippen LogP contribution < -0.4 is 4.74 Å². The van der Waals surface area contributed by atoms with Gasteiger partial charge in [0.1, 0.15) is 11.6 Å². The standard InChI is InChI=1S/C22H14FNO4/c23-16-9-5-14(6-10-16)20(25)15-7-11-17(12-8-15)28-13-24-21(26)18-3-1-2-4-19(18)22(24)27/h1-12H,13H2. The Balaban J connectivity index is 1.43. The molecule has 0 fully saturated rings. The van der Waals surface area contributed by atoms with E-state index in [1.807, 2.05) is 0 Å². The van der Waals surface area contributed by atoms with Gasteiger partial charge in [-0.2, -0.15) is 0 Å². The zero-order chi connectivity index (χ0) is 19.7. The van der Waals surface area contributed by atoms with Crippen molar-refractivity contribution in [2.45, 2.75) is 0 Å². The predicted molar refractivity (Wildman–Crippen MR) is 98.7 cm³/mol. The van der Waals surface area contributed by atoms with Gasteiger partial charge in [0, 0.05) is 11.1 Å². The summed E-state index contributed by atoms with van der Waals surface area (Å²) in [4.78, 5) is 38.0. The van der Waals surface area contributed by atoms with Crippen LogP contribution in [-0.4, -0.2) is 29.2 Å². The number of ether oxygens (including phenoxy) is 1. The Kier molecular flexibility index (Phi) is 4.45. The molecule has 0 saturated carbocycles. The normalized spacial score (nSPS) is 12.8. The third kappa shape index (κ3) is 3.16. The largest absolute Gasteiger partial charge is 0.473 e. The van der Waals surface area contributed by atoms with Crippen molar-refractivity contribution in [3.05, 3.63) is 101 Å². The van der Waals surface area contributed by atoms with Gasteiger partial charge >= 0.3 is 0 Å². The molecule has 1 heterocycles. The van der Waals surface area contributed by atoms with E-state index in [9.17, 15) is 18.8 Å². The van der Waals surface area contributed by atoms with Crippen LogP contribution in [0.3, 0.4) is 0 Å². The van der Waals surface area contributed by atoms with Gasteiger partial charge in [-0.3, -0.25) is 14.4 Å². The van der Waals surface area contributed by atoms with Crippen molar-refractivity contribution in [3.63, 3.8) is 0 Å². The van der Waals surface area contributed by atoms with Crippen LogP contribution in [0.2, 0.25) is 0 Å². The Bertz CT molecular complexity index is 1040. The quantitative estimate of drug-likeness (QED) is 0.504. The first-order valence-electron chi connectivity index (χ1n) is 8.53. The van der Waals surface area contributed by atoms with Gasteiger partial charge in [-0.25, -0.2) is 9.29 Å². The van der Waals surface area contributed by atoms with E-state index in [0.29, 0.717) is 28.0 Å². The van der Waals surface area contributed by atoms with Crippen LogP contribution in [-0.2, 0) is 0 Å². The first-order chi connectivity index (χ1) is 13.5. The summed E-state index contributed by atoms with van der Waals surface area (Å²) in [6.45, 7) is -0.225. The lowest BCUT2D eigenvalue weighted by Gasteiger charge is -2.15. The molecule has 0 saturated heterocycles. The average molecular weight is 375 g/mol. The molecule has 0 atom stereocenters. The fourth-order valence-corrected chi connectivity index (χ4v) is 2.97. The molecule has 0 radical (unpaired) electrons. The molecule has 4 rings (SSSR count). The second-order valence-electron chi connectivity index (χ2n) is 6.22. The van der Waals surface area contributed by atoms with Crippen LogP contribution >= 0.6 is 0 Å². The van der Waals surface area contributed by atoms with Gasteiger partial charge in [0.25, 0.3) is 11.8 Å². The third-order valence-electron chi connectivity index (χ3n) is 4.46. The Labute approximate surface area is 160 Å². The van der Waals surface area contributed by atoms with E-state index in [0.717, 1.165) is 4.90 Å². The zero-order valence-electron chi connectivity index (χ0n) is 14.6. The topological polar surface area (TPSA) is 63.7 Å². The van der Waals surface area contributed by atoms with Gasteiger partial charge in [0.05, 0.1) is 11.1 Å². The number of benzene rings is 3. The number of hydrogen-bond acceptors (Lipinski definition) is 4. The van der Waals surface area contributed by atoms with Crippen LogP contribution in [0.5, 0.6) is 5.75 Å². The molecule has 6 heteroatoms. The molecule has 1 aliphatic heterocycles. The molecule has 3 aromatic carbocycles. The highest BCUT2D eigenvalue weighted by atomic mass is 19.1. The number of nitrogens with zero attached hydrogens (tertiary/aromatic N) is 1. The van der Waals surface area contributed by atoms with Crippen molar-refractivity contribution >= 4 is 17.6 Å². The molecule has 0 bridgehead atoms. The van der Waals surface area contributed by atoms with Crippen LogP contribution in [0.15, 0.2) is 72.8 Å². The SMILES string of the molecule is O=C(c1ccc(F)cc1)c1ccc(OCN2C(=O)c3ccccc3C2=O)cc1. The number of carbonyl (C=O) groups excluding carboxylic acids is 3. The maximum absolute atomic E-state index is 13.0. The number of rotatable bonds is 5. The number of imide groups is 1. The van der Waals surface area contributed by atoms with Crippen molar-refractivity contribution in [3.8, 4) is 5.75 Å². The molecule has 28 heavy (non-hydrogen) atoms. The molecule has 5 nitrogen and oxygen atoms in total. The van der Waals surface area contributed by atoms with Crippen LogP contribution in [0.1, 0.15) is 36.6 Å². The fourth-order valence-electron chi connectivity index (χ4n) is 2.97.